The van der Waals surface area contributed by atoms with Crippen molar-refractivity contribution in [1.29, 1.82) is 0 Å². The minimum absolute atomic E-state index is 0.364. The number of nitrogens with two attached hydrogens (primary N) is 1. The topological polar surface area (TPSA) is 88.9 Å². The van der Waals surface area contributed by atoms with Crippen LogP contribution in [-0.4, -0.2) is 19.1 Å². The standard InChI is InChI=1S/C36H32N4O3/c1-3-40(4-2)26-19-17-24(18-20-26)38-23-13-15-25(16-14-23)39-30-22-21-29(37)33-34(30)36(43-35(33)41)27-9-5-7-11-31(27)42-32-12-8-6-10-28(32)36/h5-22,38-39H,3-4,37H2,1-2H3. The molecule has 0 amide bonds. The minimum atomic E-state index is -1.21. The highest BCUT2D eigenvalue weighted by molar-refractivity contribution is 6.04. The van der Waals surface area contributed by atoms with Gasteiger partial charge in [-0.05, 0) is 86.6 Å². The van der Waals surface area contributed by atoms with Gasteiger partial charge in [-0.25, -0.2) is 4.79 Å². The first kappa shape index (κ1) is 26.5. The van der Waals surface area contributed by atoms with E-state index < -0.39 is 11.6 Å². The average molecular weight is 569 g/mol. The lowest BCUT2D eigenvalue weighted by atomic mass is 9.76. The summed E-state index contributed by atoms with van der Waals surface area (Å²) in [4.78, 5) is 15.8. The summed E-state index contributed by atoms with van der Waals surface area (Å²) in [5, 5.41) is 7.03. The molecule has 0 unspecified atom stereocenters. The summed E-state index contributed by atoms with van der Waals surface area (Å²) in [6.07, 6.45) is 0. The Morgan fingerprint density at radius 3 is 1.81 bits per heavy atom. The van der Waals surface area contributed by atoms with Crippen LogP contribution >= 0.6 is 0 Å². The summed E-state index contributed by atoms with van der Waals surface area (Å²) in [6.45, 7) is 6.28. The number of hydrogen-bond acceptors (Lipinski definition) is 7. The molecule has 0 saturated carbocycles. The van der Waals surface area contributed by atoms with Crippen molar-refractivity contribution in [2.45, 2.75) is 19.4 Å². The maximum absolute atomic E-state index is 13.5. The molecule has 0 radical (unpaired) electrons. The van der Waals surface area contributed by atoms with E-state index in [2.05, 4.69) is 53.6 Å². The van der Waals surface area contributed by atoms with Crippen LogP contribution in [0.5, 0.6) is 11.5 Å². The van der Waals surface area contributed by atoms with Crippen molar-refractivity contribution in [2.75, 3.05) is 34.4 Å². The first-order valence-electron chi connectivity index (χ1n) is 14.5. The Labute approximate surface area is 250 Å². The Balaban J connectivity index is 1.24. The second kappa shape index (κ2) is 10.4. The Morgan fingerprint density at radius 2 is 1.23 bits per heavy atom. The first-order valence-corrected chi connectivity index (χ1v) is 14.5. The van der Waals surface area contributed by atoms with E-state index in [1.807, 2.05) is 78.9 Å². The molecule has 0 bridgehead atoms. The van der Waals surface area contributed by atoms with Crippen molar-refractivity contribution in [3.63, 3.8) is 0 Å². The Bertz CT molecular complexity index is 1780. The minimum Gasteiger partial charge on any atom is -0.456 e. The highest BCUT2D eigenvalue weighted by Gasteiger charge is 2.55. The number of ether oxygens (including phenoxy) is 2. The summed E-state index contributed by atoms with van der Waals surface area (Å²) < 4.78 is 12.6. The molecule has 0 atom stereocenters. The predicted octanol–water partition coefficient (Wildman–Crippen LogP) is 8.17. The molecule has 5 aromatic rings. The fraction of sp³-hybridized carbons (Fsp3) is 0.139. The van der Waals surface area contributed by atoms with E-state index >= 15 is 0 Å². The molecule has 2 aliphatic rings. The van der Waals surface area contributed by atoms with Crippen molar-refractivity contribution in [3.05, 3.63) is 131 Å². The second-order valence-electron chi connectivity index (χ2n) is 10.7. The van der Waals surface area contributed by atoms with Crippen LogP contribution in [0.15, 0.2) is 109 Å². The lowest BCUT2D eigenvalue weighted by Crippen LogP contribution is -2.33. The van der Waals surface area contributed by atoms with Crippen molar-refractivity contribution in [3.8, 4) is 11.5 Å². The van der Waals surface area contributed by atoms with Crippen molar-refractivity contribution in [1.82, 2.24) is 0 Å². The zero-order valence-corrected chi connectivity index (χ0v) is 24.1. The number of carbonyl (C=O) groups is 1. The third kappa shape index (κ3) is 4.32. The van der Waals surface area contributed by atoms with E-state index in [0.29, 0.717) is 28.3 Å². The quantitative estimate of drug-likeness (QED) is 0.135. The average Bonchev–Trinajstić information content (AvgIpc) is 3.35. The second-order valence-corrected chi connectivity index (χ2v) is 10.7. The molecule has 5 aromatic carbocycles. The Morgan fingerprint density at radius 1 is 0.698 bits per heavy atom. The maximum atomic E-state index is 13.5. The van der Waals surface area contributed by atoms with Gasteiger partial charge in [0.15, 0.2) is 5.60 Å². The molecule has 4 N–H and O–H groups in total. The van der Waals surface area contributed by atoms with Crippen LogP contribution in [0.3, 0.4) is 0 Å². The SMILES string of the molecule is CCN(CC)c1ccc(Nc2ccc(Nc3ccc(N)c4c3C3(OC4=O)c4ccccc4Oc4ccccc43)cc2)cc1. The molecular weight excluding hydrogens is 536 g/mol. The largest absolute Gasteiger partial charge is 0.456 e. The molecule has 7 rings (SSSR count). The third-order valence-corrected chi connectivity index (χ3v) is 8.24. The molecule has 1 spiro atoms. The Kier molecular flexibility index (Phi) is 6.43. The highest BCUT2D eigenvalue weighted by Crippen LogP contribution is 2.58. The zero-order chi connectivity index (χ0) is 29.6. The van der Waals surface area contributed by atoms with Gasteiger partial charge in [0.2, 0.25) is 0 Å². The van der Waals surface area contributed by atoms with Gasteiger partial charge in [0.1, 0.15) is 11.5 Å². The molecule has 0 saturated heterocycles. The van der Waals surface area contributed by atoms with Gasteiger partial charge in [-0.1, -0.05) is 36.4 Å². The van der Waals surface area contributed by atoms with Gasteiger partial charge >= 0.3 is 5.97 Å². The number of carbonyl (C=O) groups excluding carboxylic acids is 1. The number of nitrogens with zero attached hydrogens (tertiary/aromatic N) is 1. The van der Waals surface area contributed by atoms with E-state index in [1.54, 1.807) is 6.07 Å². The van der Waals surface area contributed by atoms with Gasteiger partial charge in [-0.2, -0.15) is 0 Å². The number of anilines is 6. The highest BCUT2D eigenvalue weighted by atomic mass is 16.6. The van der Waals surface area contributed by atoms with E-state index in [0.717, 1.165) is 47.0 Å². The van der Waals surface area contributed by atoms with Crippen molar-refractivity contribution in [2.24, 2.45) is 0 Å². The molecule has 0 fully saturated rings. The number of esters is 1. The van der Waals surface area contributed by atoms with Crippen LogP contribution in [0.25, 0.3) is 0 Å². The number of nitrogen functional groups attached to an aromatic ring is 1. The van der Waals surface area contributed by atoms with E-state index in [-0.39, 0.29) is 0 Å². The number of hydrogen-bond donors (Lipinski definition) is 3. The van der Waals surface area contributed by atoms with Crippen LogP contribution in [-0.2, 0) is 10.3 Å². The monoisotopic (exact) mass is 568 g/mol. The molecule has 0 aromatic heterocycles. The maximum Gasteiger partial charge on any atom is 0.342 e. The van der Waals surface area contributed by atoms with Gasteiger partial charge < -0.3 is 30.7 Å². The van der Waals surface area contributed by atoms with Crippen molar-refractivity contribution >= 4 is 40.1 Å². The smallest absolute Gasteiger partial charge is 0.342 e. The van der Waals surface area contributed by atoms with Crippen LogP contribution < -0.4 is 26.0 Å². The lowest BCUT2D eigenvalue weighted by Gasteiger charge is -2.37. The normalized spacial score (nSPS) is 13.8. The summed E-state index contributed by atoms with van der Waals surface area (Å²) in [6, 6.07) is 35.5. The molecule has 2 aliphatic heterocycles. The Hall–Kier alpha value is -5.43. The van der Waals surface area contributed by atoms with Crippen LogP contribution in [0.4, 0.5) is 34.1 Å². The predicted molar refractivity (Wildman–Crippen MR) is 172 cm³/mol. The molecular formula is C36H32N4O3. The van der Waals surface area contributed by atoms with E-state index in [1.165, 1.54) is 5.69 Å². The number of benzene rings is 5. The van der Waals surface area contributed by atoms with Crippen molar-refractivity contribution < 1.29 is 14.3 Å². The molecule has 43 heavy (non-hydrogen) atoms. The third-order valence-electron chi connectivity index (χ3n) is 8.24. The number of nitrogens with one attached hydrogen (secondary N) is 2. The fourth-order valence-electron chi connectivity index (χ4n) is 6.19. The molecule has 7 nitrogen and oxygen atoms in total. The molecule has 0 aliphatic carbocycles. The molecule has 2 heterocycles. The summed E-state index contributed by atoms with van der Waals surface area (Å²) in [7, 11) is 0. The summed E-state index contributed by atoms with van der Waals surface area (Å²) in [5.74, 6) is 0.806. The molecule has 214 valence electrons. The molecule has 7 heteroatoms. The van der Waals surface area contributed by atoms with Crippen LogP contribution in [0, 0.1) is 0 Å². The lowest BCUT2D eigenvalue weighted by molar-refractivity contribution is 0.0226. The number of fused-ring (bicyclic) bond motifs is 6. The number of para-hydroxylation sites is 2. The summed E-state index contributed by atoms with van der Waals surface area (Å²) in [5.41, 5.74) is 12.9. The van der Waals surface area contributed by atoms with Gasteiger partial charge in [-0.3, -0.25) is 0 Å². The van der Waals surface area contributed by atoms with Gasteiger partial charge in [0, 0.05) is 63.9 Å². The first-order chi connectivity index (χ1) is 21.0. The van der Waals surface area contributed by atoms with E-state index in [4.69, 9.17) is 15.2 Å². The van der Waals surface area contributed by atoms with Gasteiger partial charge in [0.05, 0.1) is 5.56 Å². The van der Waals surface area contributed by atoms with E-state index in [9.17, 15) is 4.79 Å². The van der Waals surface area contributed by atoms with Crippen LogP contribution in [0.1, 0.15) is 40.9 Å². The van der Waals surface area contributed by atoms with Gasteiger partial charge in [0.25, 0.3) is 0 Å². The zero-order valence-electron chi connectivity index (χ0n) is 24.1. The van der Waals surface area contributed by atoms with Gasteiger partial charge in [-0.15, -0.1) is 0 Å². The number of rotatable bonds is 7. The summed E-state index contributed by atoms with van der Waals surface area (Å²) >= 11 is 0. The fourth-order valence-corrected chi connectivity index (χ4v) is 6.19. The van der Waals surface area contributed by atoms with Crippen LogP contribution in [0.2, 0.25) is 0 Å².